The van der Waals surface area contributed by atoms with Gasteiger partial charge in [-0.05, 0) is 30.8 Å². The Hall–Kier alpha value is -2.90. The minimum absolute atomic E-state index is 0.0128. The Balaban J connectivity index is 3.34. The Morgan fingerprint density at radius 3 is 2.31 bits per heavy atom. The number of hydrogen-bond acceptors (Lipinski definition) is 5. The lowest BCUT2D eigenvalue weighted by Crippen LogP contribution is -2.55. The number of cyclic esters (lactones) is 1. The largest absolute Gasteiger partial charge is 0.456 e. The molecule has 4 atom stereocenters. The van der Waals surface area contributed by atoms with Crippen LogP contribution in [0.15, 0.2) is 36.0 Å². The van der Waals surface area contributed by atoms with Crippen LogP contribution in [0.5, 0.6) is 0 Å². The molecule has 8 heteroatoms. The molecule has 1 saturated heterocycles. The predicted molar refractivity (Wildman–Crippen MR) is 137 cm³/mol. The van der Waals surface area contributed by atoms with Crippen molar-refractivity contribution in [3.8, 4) is 0 Å². The predicted octanol–water partition coefficient (Wildman–Crippen LogP) is 3.15. The minimum atomic E-state index is -0.826. The number of allylic oxidation sites excluding steroid dienone is 3. The molecule has 35 heavy (non-hydrogen) atoms. The molecule has 1 heterocycles. The lowest BCUT2D eigenvalue weighted by Gasteiger charge is -2.32. The molecular weight excluding hydrogens is 446 g/mol. The normalized spacial score (nSPS) is 26.9. The minimum Gasteiger partial charge on any atom is -0.456 e. The van der Waals surface area contributed by atoms with E-state index in [1.165, 1.54) is 11.9 Å². The molecule has 0 saturated carbocycles. The van der Waals surface area contributed by atoms with Crippen LogP contribution in [-0.4, -0.2) is 60.4 Å². The van der Waals surface area contributed by atoms with Gasteiger partial charge in [-0.2, -0.15) is 0 Å². The van der Waals surface area contributed by atoms with Crippen molar-refractivity contribution in [2.24, 2.45) is 17.3 Å². The zero-order valence-corrected chi connectivity index (χ0v) is 22.7. The van der Waals surface area contributed by atoms with Gasteiger partial charge in [0, 0.05) is 19.4 Å². The summed E-state index contributed by atoms with van der Waals surface area (Å²) in [7, 11) is 1.52. The van der Waals surface area contributed by atoms with Crippen LogP contribution in [0.3, 0.4) is 0 Å². The zero-order valence-electron chi connectivity index (χ0n) is 22.7. The van der Waals surface area contributed by atoms with Gasteiger partial charge in [0.2, 0.25) is 17.7 Å². The van der Waals surface area contributed by atoms with E-state index in [0.717, 1.165) is 5.57 Å². The van der Waals surface area contributed by atoms with Crippen molar-refractivity contribution in [1.82, 2.24) is 15.5 Å². The Bertz CT molecular complexity index is 882. The number of hydrogen-bond donors (Lipinski definition) is 2. The van der Waals surface area contributed by atoms with Gasteiger partial charge in [-0.25, -0.2) is 0 Å². The van der Waals surface area contributed by atoms with Gasteiger partial charge in [0.1, 0.15) is 24.7 Å². The summed E-state index contributed by atoms with van der Waals surface area (Å²) in [6.45, 7) is 18.9. The monoisotopic (exact) mass is 489 g/mol. The van der Waals surface area contributed by atoms with E-state index in [1.54, 1.807) is 6.92 Å². The molecule has 196 valence electrons. The average Bonchev–Trinajstić information content (AvgIpc) is 2.72. The number of carbonyl (C=O) groups excluding carboxylic acids is 4. The number of nitrogens with one attached hydrogen (secondary N) is 2. The van der Waals surface area contributed by atoms with Crippen LogP contribution in [0, 0.1) is 17.3 Å². The van der Waals surface area contributed by atoms with E-state index in [2.05, 4.69) is 38.0 Å². The molecule has 0 radical (unpaired) electrons. The highest BCUT2D eigenvalue weighted by atomic mass is 16.5. The van der Waals surface area contributed by atoms with E-state index in [4.69, 9.17) is 4.74 Å². The molecule has 2 N–H and O–H groups in total. The molecule has 2 unspecified atom stereocenters. The lowest BCUT2D eigenvalue weighted by atomic mass is 9.89. The van der Waals surface area contributed by atoms with E-state index in [-0.39, 0.29) is 36.1 Å². The average molecular weight is 490 g/mol. The third-order valence-electron chi connectivity index (χ3n) is 5.97. The second-order valence-corrected chi connectivity index (χ2v) is 10.8. The molecule has 0 bridgehead atoms. The van der Waals surface area contributed by atoms with Gasteiger partial charge in [0.25, 0.3) is 0 Å². The van der Waals surface area contributed by atoms with Crippen LogP contribution in [0.1, 0.15) is 61.8 Å². The Morgan fingerprint density at radius 2 is 1.77 bits per heavy atom. The summed E-state index contributed by atoms with van der Waals surface area (Å²) in [4.78, 5) is 52.5. The molecule has 1 fully saturated rings. The van der Waals surface area contributed by atoms with Crippen LogP contribution >= 0.6 is 0 Å². The van der Waals surface area contributed by atoms with Crippen LogP contribution in [0.4, 0.5) is 0 Å². The molecule has 0 aromatic heterocycles. The summed E-state index contributed by atoms with van der Waals surface area (Å²) in [5, 5.41) is 5.31. The van der Waals surface area contributed by atoms with Crippen LogP contribution in [-0.2, 0) is 23.9 Å². The zero-order chi connectivity index (χ0) is 27.1. The standard InChI is InChI=1S/C27H43N3O5/c1-16(2)23-25(33)28-15-22(32)35-24(17(3)12-11-13-27(7,8)9)19(5)18(4)14-21(31)29-20(6)26(34)30(23)10/h11-13,16,19-20,23-24H,4,14-15H2,1-3,5-10H3,(H,28,33)(H,29,31)/b13-11+,17-12+/t19-,20+,23?,24?/m1/s1. The van der Waals surface area contributed by atoms with E-state index in [0.29, 0.717) is 5.57 Å². The maximum atomic E-state index is 12.9. The lowest BCUT2D eigenvalue weighted by molar-refractivity contribution is -0.149. The Morgan fingerprint density at radius 1 is 1.17 bits per heavy atom. The maximum Gasteiger partial charge on any atom is 0.326 e. The fourth-order valence-electron chi connectivity index (χ4n) is 3.92. The third-order valence-corrected chi connectivity index (χ3v) is 5.97. The van der Waals surface area contributed by atoms with Gasteiger partial charge in [-0.3, -0.25) is 19.2 Å². The first kappa shape index (κ1) is 30.1. The number of amides is 3. The number of rotatable bonds is 3. The number of ether oxygens (including phenoxy) is 1. The number of likely N-dealkylation sites (N-methyl/N-ethyl adjacent to an activating group) is 1. The van der Waals surface area contributed by atoms with Crippen molar-refractivity contribution in [2.75, 3.05) is 13.6 Å². The second kappa shape index (κ2) is 12.7. The van der Waals surface area contributed by atoms with Crippen LogP contribution in [0.2, 0.25) is 0 Å². The molecule has 1 aliphatic heterocycles. The van der Waals surface area contributed by atoms with Crippen molar-refractivity contribution in [3.05, 3.63) is 36.0 Å². The van der Waals surface area contributed by atoms with Gasteiger partial charge in [0.15, 0.2) is 0 Å². The number of carbonyl (C=O) groups is 4. The van der Waals surface area contributed by atoms with Crippen molar-refractivity contribution >= 4 is 23.7 Å². The first-order valence-corrected chi connectivity index (χ1v) is 12.1. The van der Waals surface area contributed by atoms with E-state index in [9.17, 15) is 19.2 Å². The van der Waals surface area contributed by atoms with Gasteiger partial charge >= 0.3 is 5.97 Å². The summed E-state index contributed by atoms with van der Waals surface area (Å²) in [5.74, 6) is -2.43. The highest BCUT2D eigenvalue weighted by molar-refractivity contribution is 5.93. The quantitative estimate of drug-likeness (QED) is 0.360. The Labute approximate surface area is 210 Å². The van der Waals surface area contributed by atoms with Gasteiger partial charge in [-0.15, -0.1) is 0 Å². The summed E-state index contributed by atoms with van der Waals surface area (Å²) in [5.41, 5.74) is 1.34. The maximum absolute atomic E-state index is 12.9. The first-order valence-electron chi connectivity index (χ1n) is 12.1. The van der Waals surface area contributed by atoms with Crippen molar-refractivity contribution in [3.63, 3.8) is 0 Å². The van der Waals surface area contributed by atoms with Crippen LogP contribution < -0.4 is 10.6 Å². The van der Waals surface area contributed by atoms with Gasteiger partial charge < -0.3 is 20.3 Å². The molecular formula is C27H43N3O5. The molecule has 1 rings (SSSR count). The fourth-order valence-corrected chi connectivity index (χ4v) is 3.92. The van der Waals surface area contributed by atoms with E-state index >= 15 is 0 Å². The molecule has 8 nitrogen and oxygen atoms in total. The summed E-state index contributed by atoms with van der Waals surface area (Å²) >= 11 is 0. The highest BCUT2D eigenvalue weighted by Gasteiger charge is 2.34. The third kappa shape index (κ3) is 9.34. The first-order chi connectivity index (χ1) is 16.0. The summed E-state index contributed by atoms with van der Waals surface area (Å²) in [6.07, 6.45) is 5.14. The molecule has 3 amide bonds. The number of nitrogens with zero attached hydrogens (tertiary/aromatic N) is 1. The topological polar surface area (TPSA) is 105 Å². The summed E-state index contributed by atoms with van der Waals surface area (Å²) in [6, 6.07) is -1.64. The van der Waals surface area contributed by atoms with Gasteiger partial charge in [-0.1, -0.05) is 71.9 Å². The Kier molecular flexibility index (Phi) is 10.9. The second-order valence-electron chi connectivity index (χ2n) is 10.8. The molecule has 0 aromatic rings. The van der Waals surface area contributed by atoms with Crippen molar-refractivity contribution in [1.29, 1.82) is 0 Å². The van der Waals surface area contributed by atoms with Crippen molar-refractivity contribution in [2.45, 2.75) is 80.0 Å². The smallest absolute Gasteiger partial charge is 0.326 e. The van der Waals surface area contributed by atoms with Crippen molar-refractivity contribution < 1.29 is 23.9 Å². The SMILES string of the molecule is C=C1CC(=O)N[C@@H](C)C(=O)N(C)C(C(C)C)C(=O)NCC(=O)OC(/C(C)=C/C=C/C(C)(C)C)[C@@H]1C. The van der Waals surface area contributed by atoms with E-state index in [1.807, 2.05) is 45.9 Å². The fraction of sp³-hybridized carbons (Fsp3) is 0.630. The molecule has 0 spiro atoms. The molecule has 0 aliphatic carbocycles. The summed E-state index contributed by atoms with van der Waals surface area (Å²) < 4.78 is 5.77. The highest BCUT2D eigenvalue weighted by Crippen LogP contribution is 2.25. The molecule has 0 aromatic carbocycles. The molecule has 1 aliphatic rings. The van der Waals surface area contributed by atoms with E-state index < -0.39 is 36.0 Å². The van der Waals surface area contributed by atoms with Gasteiger partial charge in [0.05, 0.1) is 0 Å². The number of esters is 1. The van der Waals surface area contributed by atoms with Crippen LogP contribution in [0.25, 0.3) is 0 Å².